The van der Waals surface area contributed by atoms with Crippen LogP contribution in [0.2, 0.25) is 5.28 Å². The van der Waals surface area contributed by atoms with Gasteiger partial charge in [-0.1, -0.05) is 0 Å². The van der Waals surface area contributed by atoms with E-state index in [-0.39, 0.29) is 0 Å². The van der Waals surface area contributed by atoms with E-state index in [9.17, 15) is 0 Å². The fourth-order valence-electron chi connectivity index (χ4n) is 2.92. The third-order valence-electron chi connectivity index (χ3n) is 3.74. The first-order valence-corrected chi connectivity index (χ1v) is 6.68. The minimum absolute atomic E-state index is 0.343. The van der Waals surface area contributed by atoms with Gasteiger partial charge in [-0.25, -0.2) is 9.97 Å². The zero-order valence-corrected chi connectivity index (χ0v) is 10.6. The van der Waals surface area contributed by atoms with Crippen LogP contribution in [0.1, 0.15) is 19.3 Å². The normalized spacial score (nSPS) is 25.7. The van der Waals surface area contributed by atoms with Crippen LogP contribution in [0.5, 0.6) is 0 Å². The Bertz CT molecular complexity index is 398. The highest BCUT2D eigenvalue weighted by Crippen LogP contribution is 2.24. The summed E-state index contributed by atoms with van der Waals surface area (Å²) in [5, 5.41) is 0.343. The molecule has 0 N–H and O–H groups in total. The van der Waals surface area contributed by atoms with Gasteiger partial charge in [-0.15, -0.1) is 0 Å². The van der Waals surface area contributed by atoms with Crippen LogP contribution < -0.4 is 4.90 Å². The van der Waals surface area contributed by atoms with Crippen LogP contribution in [0.3, 0.4) is 0 Å². The van der Waals surface area contributed by atoms with E-state index in [2.05, 4.69) is 19.8 Å². The van der Waals surface area contributed by atoms with Crippen molar-refractivity contribution in [3.8, 4) is 0 Å². The molecule has 2 aliphatic heterocycles. The summed E-state index contributed by atoms with van der Waals surface area (Å²) in [4.78, 5) is 13.2. The van der Waals surface area contributed by atoms with Gasteiger partial charge in [0.2, 0.25) is 5.28 Å². The molecule has 2 fully saturated rings. The van der Waals surface area contributed by atoms with E-state index in [1.165, 1.54) is 32.4 Å². The number of nitrogens with zero attached hydrogens (tertiary/aromatic N) is 4. The molecule has 3 heterocycles. The van der Waals surface area contributed by atoms with Crippen LogP contribution >= 0.6 is 11.6 Å². The second-order valence-electron chi connectivity index (χ2n) is 4.82. The molecule has 0 bridgehead atoms. The molecule has 1 aromatic heterocycles. The summed E-state index contributed by atoms with van der Waals surface area (Å²) in [6, 6.07) is 2.66. The Kier molecular flexibility index (Phi) is 3.16. The molecule has 4 nitrogen and oxygen atoms in total. The van der Waals surface area contributed by atoms with Crippen LogP contribution in [0, 0.1) is 0 Å². The number of hydrogen-bond acceptors (Lipinski definition) is 4. The molecule has 1 unspecified atom stereocenters. The lowest BCUT2D eigenvalue weighted by molar-refractivity contribution is 0.273. The average Bonchev–Trinajstić information content (AvgIpc) is 2.66. The van der Waals surface area contributed by atoms with Crippen LogP contribution in [0.25, 0.3) is 0 Å². The topological polar surface area (TPSA) is 32.3 Å². The maximum absolute atomic E-state index is 5.86. The average molecular weight is 253 g/mol. The first kappa shape index (κ1) is 11.2. The number of halogens is 1. The predicted octanol–water partition coefficient (Wildman–Crippen LogP) is 1.80. The van der Waals surface area contributed by atoms with Crippen molar-refractivity contribution in [2.45, 2.75) is 25.3 Å². The van der Waals surface area contributed by atoms with Gasteiger partial charge < -0.3 is 4.90 Å². The SMILES string of the molecule is Clc1nccc(N2CCCN3CCCC3C2)n1. The molecule has 0 saturated carbocycles. The maximum atomic E-state index is 5.86. The second kappa shape index (κ2) is 4.78. The summed E-state index contributed by atoms with van der Waals surface area (Å²) in [5.74, 6) is 0.971. The maximum Gasteiger partial charge on any atom is 0.224 e. The van der Waals surface area contributed by atoms with E-state index in [1.54, 1.807) is 6.20 Å². The van der Waals surface area contributed by atoms with Gasteiger partial charge in [0, 0.05) is 31.9 Å². The first-order valence-electron chi connectivity index (χ1n) is 6.30. The molecule has 92 valence electrons. The van der Waals surface area contributed by atoms with Crippen molar-refractivity contribution >= 4 is 17.4 Å². The predicted molar refractivity (Wildman–Crippen MR) is 68.5 cm³/mol. The van der Waals surface area contributed by atoms with E-state index in [0.29, 0.717) is 11.3 Å². The monoisotopic (exact) mass is 252 g/mol. The summed E-state index contributed by atoms with van der Waals surface area (Å²) < 4.78 is 0. The van der Waals surface area contributed by atoms with Crippen molar-refractivity contribution in [1.82, 2.24) is 14.9 Å². The molecule has 0 radical (unpaired) electrons. The van der Waals surface area contributed by atoms with Gasteiger partial charge in [0.15, 0.2) is 0 Å². The summed E-state index contributed by atoms with van der Waals surface area (Å²) in [7, 11) is 0. The Morgan fingerprint density at radius 1 is 1.24 bits per heavy atom. The Balaban J connectivity index is 1.78. The molecule has 0 aromatic carbocycles. The summed E-state index contributed by atoms with van der Waals surface area (Å²) >= 11 is 5.86. The summed E-state index contributed by atoms with van der Waals surface area (Å²) in [5.41, 5.74) is 0. The van der Waals surface area contributed by atoms with Gasteiger partial charge in [0.1, 0.15) is 5.82 Å². The summed E-state index contributed by atoms with van der Waals surface area (Å²) in [6.07, 6.45) is 5.60. The van der Waals surface area contributed by atoms with Crippen molar-refractivity contribution in [1.29, 1.82) is 0 Å². The fraction of sp³-hybridized carbons (Fsp3) is 0.667. The van der Waals surface area contributed by atoms with Crippen molar-refractivity contribution in [3.05, 3.63) is 17.5 Å². The lowest BCUT2D eigenvalue weighted by Crippen LogP contribution is -2.36. The van der Waals surface area contributed by atoms with E-state index in [4.69, 9.17) is 11.6 Å². The molecule has 0 aliphatic carbocycles. The standard InChI is InChI=1S/C12H17ClN4/c13-12-14-5-4-11(15-12)17-8-2-7-16-6-1-3-10(16)9-17/h4-5,10H,1-3,6-9H2. The third-order valence-corrected chi connectivity index (χ3v) is 3.92. The van der Waals surface area contributed by atoms with Crippen molar-refractivity contribution in [3.63, 3.8) is 0 Å². The second-order valence-corrected chi connectivity index (χ2v) is 5.15. The highest BCUT2D eigenvalue weighted by Gasteiger charge is 2.29. The fourth-order valence-corrected chi connectivity index (χ4v) is 3.06. The van der Waals surface area contributed by atoms with Gasteiger partial charge in [-0.3, -0.25) is 4.90 Å². The zero-order valence-electron chi connectivity index (χ0n) is 9.85. The Labute approximate surface area is 107 Å². The van der Waals surface area contributed by atoms with Crippen molar-refractivity contribution in [2.24, 2.45) is 0 Å². The first-order chi connectivity index (χ1) is 8.33. The largest absolute Gasteiger partial charge is 0.355 e. The van der Waals surface area contributed by atoms with E-state index < -0.39 is 0 Å². The minimum atomic E-state index is 0.343. The molecule has 5 heteroatoms. The van der Waals surface area contributed by atoms with Crippen molar-refractivity contribution in [2.75, 3.05) is 31.1 Å². The molecule has 0 spiro atoms. The molecule has 1 atom stereocenters. The third kappa shape index (κ3) is 2.38. The number of anilines is 1. The number of rotatable bonds is 1. The Morgan fingerprint density at radius 2 is 2.12 bits per heavy atom. The van der Waals surface area contributed by atoms with Crippen molar-refractivity contribution < 1.29 is 0 Å². The highest BCUT2D eigenvalue weighted by molar-refractivity contribution is 6.28. The van der Waals surface area contributed by atoms with Crippen LogP contribution in [0.4, 0.5) is 5.82 Å². The molecular weight excluding hydrogens is 236 g/mol. The van der Waals surface area contributed by atoms with Crippen LogP contribution in [-0.4, -0.2) is 47.1 Å². The molecule has 2 saturated heterocycles. The van der Waals surface area contributed by atoms with Crippen LogP contribution in [0.15, 0.2) is 12.3 Å². The smallest absolute Gasteiger partial charge is 0.224 e. The Hall–Kier alpha value is -0.870. The van der Waals surface area contributed by atoms with E-state index in [0.717, 1.165) is 18.9 Å². The lowest BCUT2D eigenvalue weighted by atomic mass is 10.2. The zero-order chi connectivity index (χ0) is 11.7. The highest BCUT2D eigenvalue weighted by atomic mass is 35.5. The van der Waals surface area contributed by atoms with Crippen LogP contribution in [-0.2, 0) is 0 Å². The lowest BCUT2D eigenvalue weighted by Gasteiger charge is -2.26. The molecule has 3 rings (SSSR count). The van der Waals surface area contributed by atoms with Gasteiger partial charge >= 0.3 is 0 Å². The molecule has 0 amide bonds. The molecular formula is C12H17ClN4. The minimum Gasteiger partial charge on any atom is -0.355 e. The van der Waals surface area contributed by atoms with Gasteiger partial charge in [-0.05, 0) is 43.5 Å². The van der Waals surface area contributed by atoms with E-state index in [1.807, 2.05) is 6.07 Å². The Morgan fingerprint density at radius 3 is 3.00 bits per heavy atom. The molecule has 1 aromatic rings. The number of aromatic nitrogens is 2. The summed E-state index contributed by atoms with van der Waals surface area (Å²) in [6.45, 7) is 4.64. The molecule has 2 aliphatic rings. The van der Waals surface area contributed by atoms with Gasteiger partial charge in [0.25, 0.3) is 0 Å². The number of fused-ring (bicyclic) bond motifs is 1. The van der Waals surface area contributed by atoms with E-state index >= 15 is 0 Å². The molecule has 17 heavy (non-hydrogen) atoms. The quantitative estimate of drug-likeness (QED) is 0.714. The number of hydrogen-bond donors (Lipinski definition) is 0. The van der Waals surface area contributed by atoms with Gasteiger partial charge in [-0.2, -0.15) is 0 Å². The van der Waals surface area contributed by atoms with Gasteiger partial charge in [0.05, 0.1) is 0 Å².